The Bertz CT molecular complexity index is 313. The third kappa shape index (κ3) is 1.75. The molecule has 1 aromatic heterocycles. The third-order valence-electron chi connectivity index (χ3n) is 2.45. The average molecular weight is 262 g/mol. The molecule has 0 spiro atoms. The summed E-state index contributed by atoms with van der Waals surface area (Å²) in [7, 11) is 1.70. The van der Waals surface area contributed by atoms with Crippen LogP contribution in [-0.4, -0.2) is 13.7 Å². The van der Waals surface area contributed by atoms with Crippen LogP contribution in [0.25, 0.3) is 0 Å². The average Bonchev–Trinajstić information content (AvgIpc) is 2.83. The van der Waals surface area contributed by atoms with Crippen molar-refractivity contribution in [3.05, 3.63) is 15.4 Å². The van der Waals surface area contributed by atoms with E-state index < -0.39 is 0 Å². The Morgan fingerprint density at radius 1 is 1.77 bits per heavy atom. The van der Waals surface area contributed by atoms with Gasteiger partial charge in [-0.1, -0.05) is 0 Å². The minimum atomic E-state index is 0.690. The van der Waals surface area contributed by atoms with Crippen LogP contribution in [0.15, 0.2) is 10.5 Å². The predicted octanol–water partition coefficient (Wildman–Crippen LogP) is 2.58. The maximum absolute atomic E-state index is 5.60. The molecule has 1 aromatic rings. The Morgan fingerprint density at radius 2 is 2.54 bits per heavy atom. The molecule has 1 saturated carbocycles. The van der Waals surface area contributed by atoms with Crippen LogP contribution < -0.4 is 10.5 Å². The quantitative estimate of drug-likeness (QED) is 0.908. The molecule has 2 rings (SSSR count). The van der Waals surface area contributed by atoms with Gasteiger partial charge in [-0.15, -0.1) is 11.3 Å². The molecule has 0 unspecified atom stereocenters. The molecule has 0 bridgehead atoms. The maximum atomic E-state index is 5.60. The van der Waals surface area contributed by atoms with Crippen LogP contribution in [0.5, 0.6) is 5.06 Å². The van der Waals surface area contributed by atoms with Gasteiger partial charge in [0.25, 0.3) is 0 Å². The van der Waals surface area contributed by atoms with Gasteiger partial charge in [0.1, 0.15) is 0 Å². The normalized spacial score (nSPS) is 26.1. The lowest BCUT2D eigenvalue weighted by Gasteiger charge is -1.92. The maximum Gasteiger partial charge on any atom is 0.188 e. The number of hydrogen-bond acceptors (Lipinski definition) is 3. The van der Waals surface area contributed by atoms with Gasteiger partial charge in [0.2, 0.25) is 0 Å². The van der Waals surface area contributed by atoms with Crippen molar-refractivity contribution in [2.75, 3.05) is 13.7 Å². The number of halogens is 1. The number of nitrogens with two attached hydrogens (primary N) is 1. The zero-order chi connectivity index (χ0) is 9.42. The first-order valence-electron chi connectivity index (χ1n) is 4.29. The molecule has 1 fully saturated rings. The topological polar surface area (TPSA) is 35.2 Å². The minimum absolute atomic E-state index is 0.690. The van der Waals surface area contributed by atoms with Crippen molar-refractivity contribution < 1.29 is 4.74 Å². The highest BCUT2D eigenvalue weighted by atomic mass is 79.9. The highest BCUT2D eigenvalue weighted by Crippen LogP contribution is 2.51. The Balaban J connectivity index is 2.14. The highest BCUT2D eigenvalue weighted by molar-refractivity contribution is 9.10. The zero-order valence-corrected chi connectivity index (χ0v) is 9.82. The summed E-state index contributed by atoms with van der Waals surface area (Å²) in [6, 6.07) is 2.16. The van der Waals surface area contributed by atoms with E-state index in [4.69, 9.17) is 10.5 Å². The van der Waals surface area contributed by atoms with E-state index in [1.807, 2.05) is 0 Å². The van der Waals surface area contributed by atoms with Crippen molar-refractivity contribution in [2.45, 2.75) is 12.3 Å². The van der Waals surface area contributed by atoms with E-state index >= 15 is 0 Å². The minimum Gasteiger partial charge on any atom is -0.486 e. The van der Waals surface area contributed by atoms with Crippen LogP contribution in [0.1, 0.15) is 17.2 Å². The molecule has 1 aliphatic rings. The molecule has 2 nitrogen and oxygen atoms in total. The van der Waals surface area contributed by atoms with Gasteiger partial charge in [0, 0.05) is 4.88 Å². The number of ether oxygens (including phenoxy) is 1. The van der Waals surface area contributed by atoms with Crippen molar-refractivity contribution in [3.63, 3.8) is 0 Å². The van der Waals surface area contributed by atoms with Crippen LogP contribution >= 0.6 is 27.3 Å². The van der Waals surface area contributed by atoms with Crippen molar-refractivity contribution in [2.24, 2.45) is 11.7 Å². The van der Waals surface area contributed by atoms with Crippen LogP contribution in [-0.2, 0) is 0 Å². The van der Waals surface area contributed by atoms with Gasteiger partial charge in [-0.05, 0) is 46.8 Å². The highest BCUT2D eigenvalue weighted by Gasteiger charge is 2.38. The monoisotopic (exact) mass is 261 g/mol. The van der Waals surface area contributed by atoms with Gasteiger partial charge in [-0.3, -0.25) is 0 Å². The number of thiophene rings is 1. The van der Waals surface area contributed by atoms with Gasteiger partial charge in [0.15, 0.2) is 5.06 Å². The first-order valence-corrected chi connectivity index (χ1v) is 5.90. The lowest BCUT2D eigenvalue weighted by atomic mass is 10.3. The van der Waals surface area contributed by atoms with Gasteiger partial charge in [-0.25, -0.2) is 0 Å². The summed E-state index contributed by atoms with van der Waals surface area (Å²) < 4.78 is 6.28. The summed E-state index contributed by atoms with van der Waals surface area (Å²) in [5.74, 6) is 1.39. The lowest BCUT2D eigenvalue weighted by molar-refractivity contribution is 0.425. The molecule has 0 aliphatic heterocycles. The summed E-state index contributed by atoms with van der Waals surface area (Å²) in [5, 5.41) is 0.970. The number of hydrogen-bond donors (Lipinski definition) is 1. The summed E-state index contributed by atoms with van der Waals surface area (Å²) >= 11 is 5.19. The van der Waals surface area contributed by atoms with E-state index in [0.717, 1.165) is 16.1 Å². The van der Waals surface area contributed by atoms with E-state index in [2.05, 4.69) is 22.0 Å². The smallest absolute Gasteiger partial charge is 0.188 e. The van der Waals surface area contributed by atoms with Crippen LogP contribution in [0.2, 0.25) is 0 Å². The van der Waals surface area contributed by atoms with Gasteiger partial charge < -0.3 is 10.5 Å². The van der Waals surface area contributed by atoms with E-state index in [1.54, 1.807) is 18.4 Å². The van der Waals surface area contributed by atoms with Crippen LogP contribution in [0, 0.1) is 5.92 Å². The molecule has 1 aliphatic carbocycles. The van der Waals surface area contributed by atoms with Crippen molar-refractivity contribution >= 4 is 27.3 Å². The third-order valence-corrected chi connectivity index (χ3v) is 4.53. The van der Waals surface area contributed by atoms with E-state index in [1.165, 1.54) is 11.3 Å². The SMILES string of the molecule is COc1sc([C@@H]2C[C@H]2CN)cc1Br. The summed E-state index contributed by atoms with van der Waals surface area (Å²) in [4.78, 5) is 1.40. The van der Waals surface area contributed by atoms with E-state index in [-0.39, 0.29) is 0 Å². The fourth-order valence-electron chi connectivity index (χ4n) is 1.55. The van der Waals surface area contributed by atoms with E-state index in [9.17, 15) is 0 Å². The molecule has 13 heavy (non-hydrogen) atoms. The van der Waals surface area contributed by atoms with Crippen molar-refractivity contribution in [3.8, 4) is 5.06 Å². The fraction of sp³-hybridized carbons (Fsp3) is 0.556. The van der Waals surface area contributed by atoms with E-state index in [0.29, 0.717) is 11.8 Å². The van der Waals surface area contributed by atoms with Gasteiger partial charge in [-0.2, -0.15) is 0 Å². The molecule has 0 radical (unpaired) electrons. The zero-order valence-electron chi connectivity index (χ0n) is 7.42. The second-order valence-electron chi connectivity index (χ2n) is 3.33. The molecule has 72 valence electrons. The molecule has 2 atom stereocenters. The summed E-state index contributed by atoms with van der Waals surface area (Å²) in [6.45, 7) is 0.808. The van der Waals surface area contributed by atoms with Crippen LogP contribution in [0.4, 0.5) is 0 Å². The van der Waals surface area contributed by atoms with Crippen molar-refractivity contribution in [1.29, 1.82) is 0 Å². The summed E-state index contributed by atoms with van der Waals surface area (Å²) in [6.07, 6.45) is 1.24. The molecule has 4 heteroatoms. The first-order chi connectivity index (χ1) is 6.26. The standard InChI is InChI=1S/C9H12BrNOS/c1-12-9-7(10)3-8(13-9)6-2-5(6)4-11/h3,5-6H,2,4,11H2,1H3/t5-,6+/m0/s1. The molecule has 0 saturated heterocycles. The Kier molecular flexibility index (Phi) is 2.62. The number of methoxy groups -OCH3 is 1. The largest absolute Gasteiger partial charge is 0.486 e. The fourth-order valence-corrected chi connectivity index (χ4v) is 3.42. The Hall–Kier alpha value is -0.0600. The molecule has 1 heterocycles. The molecule has 0 amide bonds. The second kappa shape index (κ2) is 3.59. The molecule has 0 aromatic carbocycles. The summed E-state index contributed by atoms with van der Waals surface area (Å²) in [5.41, 5.74) is 5.60. The Morgan fingerprint density at radius 3 is 3.00 bits per heavy atom. The second-order valence-corrected chi connectivity index (χ2v) is 5.23. The molecular weight excluding hydrogens is 250 g/mol. The van der Waals surface area contributed by atoms with Gasteiger partial charge in [0.05, 0.1) is 11.6 Å². The predicted molar refractivity (Wildman–Crippen MR) is 58.5 cm³/mol. The lowest BCUT2D eigenvalue weighted by Crippen LogP contribution is -2.01. The van der Waals surface area contributed by atoms with Gasteiger partial charge >= 0.3 is 0 Å². The number of rotatable bonds is 3. The Labute approximate surface area is 90.2 Å². The molecule has 2 N–H and O–H groups in total. The van der Waals surface area contributed by atoms with Crippen molar-refractivity contribution in [1.82, 2.24) is 0 Å². The first kappa shape index (κ1) is 9.49. The molecular formula is C9H12BrNOS. The van der Waals surface area contributed by atoms with Crippen LogP contribution in [0.3, 0.4) is 0 Å².